The summed E-state index contributed by atoms with van der Waals surface area (Å²) in [5.41, 5.74) is -1.33. The minimum Gasteiger partial charge on any atom is -0.480 e. The summed E-state index contributed by atoms with van der Waals surface area (Å²) in [6.45, 7) is 9.08. The fourth-order valence-electron chi connectivity index (χ4n) is 5.01. The number of nitrogens with one attached hydrogen (secondary N) is 1. The number of carbonyl (C=O) groups excluding carboxylic acids is 3. The summed E-state index contributed by atoms with van der Waals surface area (Å²) in [5, 5.41) is 13.4. The molecule has 0 spiro atoms. The van der Waals surface area contributed by atoms with Crippen LogP contribution < -0.4 is 5.32 Å². The van der Waals surface area contributed by atoms with E-state index in [0.717, 1.165) is 0 Å². The highest BCUT2D eigenvalue weighted by molar-refractivity contribution is 6.10. The van der Waals surface area contributed by atoms with Crippen molar-refractivity contribution in [2.45, 2.75) is 58.2 Å². The first kappa shape index (κ1) is 22.9. The van der Waals surface area contributed by atoms with E-state index >= 15 is 0 Å². The maximum atomic E-state index is 13.4. The van der Waals surface area contributed by atoms with Crippen LogP contribution in [0.4, 0.5) is 0 Å². The predicted octanol–water partition coefficient (Wildman–Crippen LogP) is 2.39. The molecule has 0 saturated carbocycles. The van der Waals surface area contributed by atoms with Crippen LogP contribution in [-0.2, 0) is 19.1 Å². The number of nitrogens with zero attached hydrogens (tertiary/aromatic N) is 1. The van der Waals surface area contributed by atoms with E-state index in [2.05, 4.69) is 5.32 Å². The Balaban J connectivity index is 2.13. The average Bonchev–Trinajstić information content (AvgIpc) is 3.15. The lowest BCUT2D eigenvalue weighted by molar-refractivity contribution is -0.154. The molecule has 4 unspecified atom stereocenters. The van der Waals surface area contributed by atoms with Crippen molar-refractivity contribution in [3.05, 3.63) is 35.4 Å². The summed E-state index contributed by atoms with van der Waals surface area (Å²) < 4.78 is 4.72. The quantitative estimate of drug-likeness (QED) is 0.545. The van der Waals surface area contributed by atoms with Crippen LogP contribution >= 0.6 is 0 Å². The van der Waals surface area contributed by atoms with Gasteiger partial charge in [-0.25, -0.2) is 4.79 Å². The van der Waals surface area contributed by atoms with Crippen LogP contribution in [0.5, 0.6) is 0 Å². The Hall–Kier alpha value is -2.74. The zero-order valence-electron chi connectivity index (χ0n) is 18.8. The van der Waals surface area contributed by atoms with Gasteiger partial charge in [-0.3, -0.25) is 24.6 Å². The number of likely N-dealkylation sites (tertiary alicyclic amines) is 1. The normalized spacial score (nSPS) is 28.2. The van der Waals surface area contributed by atoms with Crippen LogP contribution in [0.1, 0.15) is 63.0 Å². The highest BCUT2D eigenvalue weighted by Gasteiger charge is 2.69. The SMILES string of the molecule is COC(=O)c1ccc(C2NC(CC(C)C)(C(=O)O)C3C(=O)N(C(C)(C)C)C(=O)C23)cc1. The molecule has 1 aromatic rings. The Morgan fingerprint density at radius 1 is 1.16 bits per heavy atom. The molecule has 8 heteroatoms. The smallest absolute Gasteiger partial charge is 0.337 e. The van der Waals surface area contributed by atoms with E-state index in [-0.39, 0.29) is 18.2 Å². The van der Waals surface area contributed by atoms with E-state index in [1.807, 2.05) is 13.8 Å². The monoisotopic (exact) mass is 430 g/mol. The number of carboxylic acid groups (broad SMARTS) is 1. The lowest BCUT2D eigenvalue weighted by atomic mass is 9.75. The second-order valence-electron chi connectivity index (χ2n) is 9.80. The number of carbonyl (C=O) groups is 4. The molecule has 2 aliphatic rings. The number of imide groups is 1. The maximum Gasteiger partial charge on any atom is 0.337 e. The fraction of sp³-hybridized carbons (Fsp3) is 0.565. The summed E-state index contributed by atoms with van der Waals surface area (Å²) in [6.07, 6.45) is 0.206. The molecule has 1 aromatic carbocycles. The van der Waals surface area contributed by atoms with Gasteiger partial charge >= 0.3 is 11.9 Å². The molecule has 0 aromatic heterocycles. The largest absolute Gasteiger partial charge is 0.480 e. The minimum atomic E-state index is -1.56. The fourth-order valence-corrected chi connectivity index (χ4v) is 5.01. The highest BCUT2D eigenvalue weighted by Crippen LogP contribution is 2.52. The van der Waals surface area contributed by atoms with Gasteiger partial charge in [0.2, 0.25) is 11.8 Å². The first-order valence-corrected chi connectivity index (χ1v) is 10.4. The van der Waals surface area contributed by atoms with Crippen molar-refractivity contribution in [1.29, 1.82) is 0 Å². The molecule has 0 radical (unpaired) electrons. The lowest BCUT2D eigenvalue weighted by Gasteiger charge is -2.36. The summed E-state index contributed by atoms with van der Waals surface area (Å²) in [7, 11) is 1.29. The van der Waals surface area contributed by atoms with E-state index in [1.54, 1.807) is 45.0 Å². The Morgan fingerprint density at radius 3 is 2.19 bits per heavy atom. The average molecular weight is 431 g/mol. The third-order valence-corrected chi connectivity index (χ3v) is 6.13. The Bertz CT molecular complexity index is 917. The van der Waals surface area contributed by atoms with Gasteiger partial charge in [0.1, 0.15) is 5.54 Å². The number of methoxy groups -OCH3 is 1. The molecular formula is C23H30N2O6. The third-order valence-electron chi connectivity index (χ3n) is 6.13. The summed E-state index contributed by atoms with van der Waals surface area (Å²) in [5.74, 6) is -4.32. The molecule has 2 amide bonds. The van der Waals surface area contributed by atoms with Crippen LogP contribution in [0, 0.1) is 17.8 Å². The predicted molar refractivity (Wildman–Crippen MR) is 112 cm³/mol. The second kappa shape index (κ2) is 7.75. The van der Waals surface area contributed by atoms with Crippen molar-refractivity contribution >= 4 is 23.8 Å². The van der Waals surface area contributed by atoms with Gasteiger partial charge in [-0.15, -0.1) is 0 Å². The molecule has 2 N–H and O–H groups in total. The van der Waals surface area contributed by atoms with Gasteiger partial charge in [0.25, 0.3) is 0 Å². The summed E-state index contributed by atoms with van der Waals surface area (Å²) in [6, 6.07) is 5.82. The molecule has 168 valence electrons. The standard InChI is InChI=1S/C23H30N2O6/c1-12(2)11-23(21(29)30)16-15(18(26)25(19(16)27)22(3,4)5)17(24-23)13-7-9-14(10-8-13)20(28)31-6/h7-10,12,15-17,24H,11H2,1-6H3,(H,29,30). The van der Waals surface area contributed by atoms with E-state index in [1.165, 1.54) is 12.0 Å². The Morgan fingerprint density at radius 2 is 1.74 bits per heavy atom. The molecule has 2 saturated heterocycles. The Labute approximate surface area is 181 Å². The van der Waals surface area contributed by atoms with E-state index in [9.17, 15) is 24.3 Å². The molecule has 0 aliphatic carbocycles. The van der Waals surface area contributed by atoms with Crippen LogP contribution in [0.25, 0.3) is 0 Å². The number of ether oxygens (including phenoxy) is 1. The van der Waals surface area contributed by atoms with Gasteiger partial charge in [0.15, 0.2) is 0 Å². The topological polar surface area (TPSA) is 113 Å². The van der Waals surface area contributed by atoms with Crippen molar-refractivity contribution in [3.63, 3.8) is 0 Å². The molecule has 2 fully saturated rings. The molecule has 4 atom stereocenters. The first-order valence-electron chi connectivity index (χ1n) is 10.4. The molecule has 3 rings (SSSR count). The van der Waals surface area contributed by atoms with E-state index in [0.29, 0.717) is 11.1 Å². The molecule has 2 heterocycles. The van der Waals surface area contributed by atoms with Gasteiger partial charge in [-0.1, -0.05) is 26.0 Å². The third kappa shape index (κ3) is 3.63. The number of benzene rings is 1. The number of carboxylic acids is 1. The van der Waals surface area contributed by atoms with Crippen LogP contribution in [0.2, 0.25) is 0 Å². The lowest BCUT2D eigenvalue weighted by Crippen LogP contribution is -2.58. The van der Waals surface area contributed by atoms with Crippen molar-refractivity contribution in [1.82, 2.24) is 10.2 Å². The number of esters is 1. The summed E-state index contributed by atoms with van der Waals surface area (Å²) >= 11 is 0. The number of hydrogen-bond acceptors (Lipinski definition) is 6. The van der Waals surface area contributed by atoms with E-state index in [4.69, 9.17) is 4.74 Å². The zero-order chi connectivity index (χ0) is 23.3. The summed E-state index contributed by atoms with van der Waals surface area (Å²) in [4.78, 5) is 52.4. The number of amides is 2. The van der Waals surface area contributed by atoms with Crippen molar-refractivity contribution in [2.75, 3.05) is 7.11 Å². The molecule has 2 aliphatic heterocycles. The van der Waals surface area contributed by atoms with Gasteiger partial charge in [-0.2, -0.15) is 0 Å². The molecular weight excluding hydrogens is 400 g/mol. The molecule has 31 heavy (non-hydrogen) atoms. The van der Waals surface area contributed by atoms with Crippen molar-refractivity contribution < 1.29 is 29.0 Å². The van der Waals surface area contributed by atoms with Crippen molar-refractivity contribution in [2.24, 2.45) is 17.8 Å². The minimum absolute atomic E-state index is 0.0173. The van der Waals surface area contributed by atoms with Crippen molar-refractivity contribution in [3.8, 4) is 0 Å². The number of aliphatic carboxylic acids is 1. The van der Waals surface area contributed by atoms with Crippen LogP contribution in [0.3, 0.4) is 0 Å². The number of fused-ring (bicyclic) bond motifs is 1. The molecule has 0 bridgehead atoms. The van der Waals surface area contributed by atoms with Gasteiger partial charge in [0.05, 0.1) is 24.5 Å². The van der Waals surface area contributed by atoms with Crippen LogP contribution in [-0.4, -0.2) is 51.9 Å². The maximum absolute atomic E-state index is 13.4. The second-order valence-corrected chi connectivity index (χ2v) is 9.80. The van der Waals surface area contributed by atoms with Gasteiger partial charge < -0.3 is 9.84 Å². The molecule has 8 nitrogen and oxygen atoms in total. The van der Waals surface area contributed by atoms with Gasteiger partial charge in [0, 0.05) is 11.6 Å². The Kier molecular flexibility index (Phi) is 5.73. The van der Waals surface area contributed by atoms with Crippen LogP contribution in [0.15, 0.2) is 24.3 Å². The first-order chi connectivity index (χ1) is 14.3. The van der Waals surface area contributed by atoms with E-state index < -0.39 is 46.8 Å². The zero-order valence-corrected chi connectivity index (χ0v) is 18.8. The highest BCUT2D eigenvalue weighted by atomic mass is 16.5. The number of rotatable bonds is 5. The number of hydrogen-bond donors (Lipinski definition) is 2. The van der Waals surface area contributed by atoms with Gasteiger partial charge in [-0.05, 0) is 50.8 Å².